The molecule has 1 aromatic carbocycles. The van der Waals surface area contributed by atoms with Gasteiger partial charge in [-0.15, -0.1) is 0 Å². The molecule has 6 heteroatoms. The highest BCUT2D eigenvalue weighted by molar-refractivity contribution is 5.94. The fraction of sp³-hybridized carbons (Fsp3) is 0.588. The molecule has 0 saturated heterocycles. The molecule has 3 aliphatic carbocycles. The Morgan fingerprint density at radius 1 is 1.30 bits per heavy atom. The molecular formula is C17H20O6. The third-order valence-corrected chi connectivity index (χ3v) is 6.42. The van der Waals surface area contributed by atoms with E-state index < -0.39 is 29.5 Å². The lowest BCUT2D eigenvalue weighted by Crippen LogP contribution is -2.72. The molecule has 4 aliphatic rings. The van der Waals surface area contributed by atoms with Gasteiger partial charge in [0.25, 0.3) is 0 Å². The number of benzene rings is 1. The van der Waals surface area contributed by atoms with Crippen LogP contribution in [-0.4, -0.2) is 38.1 Å². The van der Waals surface area contributed by atoms with Gasteiger partial charge in [0, 0.05) is 5.56 Å². The maximum Gasteiger partial charge on any atom is 0.343 e. The van der Waals surface area contributed by atoms with Crippen LogP contribution in [0, 0.1) is 17.3 Å². The Hall–Kier alpha value is -1.79. The second-order valence-corrected chi connectivity index (χ2v) is 7.62. The Morgan fingerprint density at radius 2 is 2.00 bits per heavy atom. The number of hydrogen-bond donors (Lipinski definition) is 4. The Balaban J connectivity index is 1.87. The highest BCUT2D eigenvalue weighted by Gasteiger charge is 2.69. The number of ether oxygens (including phenoxy) is 1. The first-order chi connectivity index (χ1) is 10.7. The SMILES string of the molecule is CC1(C)[C@@H]2C[C@H]1[C@@]1(O)[C@@H](C2)Oc2c(ccc(O)c2C(=O)O)[C@@H]1O. The summed E-state index contributed by atoms with van der Waals surface area (Å²) in [6, 6.07) is 2.64. The van der Waals surface area contributed by atoms with E-state index in [1.165, 1.54) is 12.1 Å². The Labute approximate surface area is 133 Å². The standard InChI is InChI=1S/C17H20O6/c1-16(2)7-5-10(16)17(22)11(6-7)23-13-8(14(17)19)3-4-9(18)12(13)15(20)21/h3-4,7,10-11,14,18-19,22H,5-6H2,1-2H3,(H,20,21)/t7-,10-,11-,14+,17-/m1/s1. The third-order valence-electron chi connectivity index (χ3n) is 6.42. The molecule has 1 aromatic rings. The quantitative estimate of drug-likeness (QED) is 0.627. The van der Waals surface area contributed by atoms with Crippen molar-refractivity contribution in [3.63, 3.8) is 0 Å². The summed E-state index contributed by atoms with van der Waals surface area (Å²) in [4.78, 5) is 11.4. The van der Waals surface area contributed by atoms with E-state index in [0.717, 1.165) is 6.42 Å². The largest absolute Gasteiger partial charge is 0.507 e. The summed E-state index contributed by atoms with van der Waals surface area (Å²) in [5.41, 5.74) is -1.65. The molecule has 5 rings (SSSR count). The summed E-state index contributed by atoms with van der Waals surface area (Å²) < 4.78 is 5.83. The lowest BCUT2D eigenvalue weighted by Gasteiger charge is -2.67. The second-order valence-electron chi connectivity index (χ2n) is 7.62. The van der Waals surface area contributed by atoms with Crippen molar-refractivity contribution < 1.29 is 30.0 Å². The van der Waals surface area contributed by atoms with Gasteiger partial charge in [0.05, 0.1) is 0 Å². The molecule has 0 unspecified atom stereocenters. The fourth-order valence-corrected chi connectivity index (χ4v) is 4.91. The Kier molecular flexibility index (Phi) is 2.69. The van der Waals surface area contributed by atoms with Gasteiger partial charge < -0.3 is 25.2 Å². The van der Waals surface area contributed by atoms with Crippen molar-refractivity contribution in [1.29, 1.82) is 0 Å². The molecule has 0 amide bonds. The van der Waals surface area contributed by atoms with E-state index >= 15 is 0 Å². The highest BCUT2D eigenvalue weighted by Crippen LogP contribution is 2.67. The van der Waals surface area contributed by atoms with Crippen molar-refractivity contribution in [3.05, 3.63) is 23.3 Å². The molecule has 6 nitrogen and oxygen atoms in total. The summed E-state index contributed by atoms with van der Waals surface area (Å²) in [5.74, 6) is -1.49. The van der Waals surface area contributed by atoms with Crippen LogP contribution in [0.2, 0.25) is 0 Å². The Morgan fingerprint density at radius 3 is 2.61 bits per heavy atom. The van der Waals surface area contributed by atoms with Gasteiger partial charge in [0.15, 0.2) is 0 Å². The minimum atomic E-state index is -1.43. The number of aliphatic hydroxyl groups excluding tert-OH is 1. The molecule has 0 aromatic heterocycles. The van der Waals surface area contributed by atoms with Crippen LogP contribution in [0.25, 0.3) is 0 Å². The van der Waals surface area contributed by atoms with Gasteiger partial charge in [-0.1, -0.05) is 13.8 Å². The number of aliphatic hydroxyl groups is 2. The molecular weight excluding hydrogens is 300 g/mol. The Bertz CT molecular complexity index is 711. The first kappa shape index (κ1) is 14.8. The van der Waals surface area contributed by atoms with E-state index in [2.05, 4.69) is 13.8 Å². The molecule has 124 valence electrons. The normalized spacial score (nSPS) is 39.5. The number of hydrogen-bond acceptors (Lipinski definition) is 5. The molecule has 0 spiro atoms. The van der Waals surface area contributed by atoms with Crippen LogP contribution in [0.3, 0.4) is 0 Å². The zero-order valence-corrected chi connectivity index (χ0v) is 13.0. The topological polar surface area (TPSA) is 107 Å². The third kappa shape index (κ3) is 1.58. The number of aromatic hydroxyl groups is 1. The van der Waals surface area contributed by atoms with Gasteiger partial charge >= 0.3 is 5.97 Å². The fourth-order valence-electron chi connectivity index (χ4n) is 4.91. The average molecular weight is 320 g/mol. The van der Waals surface area contributed by atoms with E-state index in [1.807, 2.05) is 0 Å². The van der Waals surface area contributed by atoms with Gasteiger partial charge in [-0.25, -0.2) is 4.79 Å². The molecule has 1 heterocycles. The molecule has 4 N–H and O–H groups in total. The lowest BCUT2D eigenvalue weighted by molar-refractivity contribution is -0.289. The number of rotatable bonds is 1. The maximum absolute atomic E-state index is 11.4. The van der Waals surface area contributed by atoms with Crippen molar-refractivity contribution in [1.82, 2.24) is 0 Å². The van der Waals surface area contributed by atoms with Crippen LogP contribution in [0.1, 0.15) is 48.7 Å². The maximum atomic E-state index is 11.4. The molecule has 0 radical (unpaired) electrons. The average Bonchev–Trinajstić information content (AvgIpc) is 2.47. The van der Waals surface area contributed by atoms with Gasteiger partial charge in [-0.2, -0.15) is 0 Å². The molecule has 3 saturated carbocycles. The van der Waals surface area contributed by atoms with Crippen molar-refractivity contribution in [2.75, 3.05) is 0 Å². The van der Waals surface area contributed by atoms with E-state index in [9.17, 15) is 25.2 Å². The molecule has 1 aliphatic heterocycles. The lowest BCUT2D eigenvalue weighted by atomic mass is 9.42. The number of carboxylic acid groups (broad SMARTS) is 1. The van der Waals surface area contributed by atoms with E-state index in [4.69, 9.17) is 4.74 Å². The number of aromatic carboxylic acids is 1. The van der Waals surface area contributed by atoms with Gasteiger partial charge in [-0.3, -0.25) is 0 Å². The molecule has 5 atom stereocenters. The summed E-state index contributed by atoms with van der Waals surface area (Å²) in [5, 5.41) is 41.2. The van der Waals surface area contributed by atoms with E-state index in [1.54, 1.807) is 0 Å². The van der Waals surface area contributed by atoms with Crippen LogP contribution in [0.15, 0.2) is 12.1 Å². The van der Waals surface area contributed by atoms with Crippen LogP contribution in [0.4, 0.5) is 0 Å². The monoisotopic (exact) mass is 320 g/mol. The van der Waals surface area contributed by atoms with Crippen molar-refractivity contribution in [2.45, 2.75) is 44.5 Å². The van der Waals surface area contributed by atoms with Gasteiger partial charge in [0.1, 0.15) is 34.9 Å². The number of carbonyl (C=O) groups is 1. The van der Waals surface area contributed by atoms with Gasteiger partial charge in [0.2, 0.25) is 0 Å². The van der Waals surface area contributed by atoms with Crippen molar-refractivity contribution in [3.8, 4) is 11.5 Å². The van der Waals surface area contributed by atoms with E-state index in [0.29, 0.717) is 12.3 Å². The van der Waals surface area contributed by atoms with Crippen LogP contribution in [0.5, 0.6) is 11.5 Å². The first-order valence-corrected chi connectivity index (χ1v) is 7.85. The molecule has 23 heavy (non-hydrogen) atoms. The first-order valence-electron chi connectivity index (χ1n) is 7.85. The van der Waals surface area contributed by atoms with Crippen LogP contribution < -0.4 is 4.74 Å². The van der Waals surface area contributed by atoms with Gasteiger partial charge in [-0.05, 0) is 42.2 Å². The van der Waals surface area contributed by atoms with Crippen LogP contribution in [-0.2, 0) is 0 Å². The number of phenols is 1. The van der Waals surface area contributed by atoms with Crippen molar-refractivity contribution >= 4 is 5.97 Å². The summed E-state index contributed by atoms with van der Waals surface area (Å²) in [6.45, 7) is 4.17. The summed E-state index contributed by atoms with van der Waals surface area (Å²) in [6.07, 6.45) is -0.507. The van der Waals surface area contributed by atoms with Crippen LogP contribution >= 0.6 is 0 Å². The summed E-state index contributed by atoms with van der Waals surface area (Å²) >= 11 is 0. The number of fused-ring (bicyclic) bond motifs is 1. The van der Waals surface area contributed by atoms with E-state index in [-0.39, 0.29) is 28.2 Å². The molecule has 2 bridgehead atoms. The summed E-state index contributed by atoms with van der Waals surface area (Å²) in [7, 11) is 0. The predicted molar refractivity (Wildman–Crippen MR) is 79.4 cm³/mol. The zero-order chi connectivity index (χ0) is 16.7. The molecule has 3 fully saturated rings. The highest BCUT2D eigenvalue weighted by atomic mass is 16.5. The second kappa shape index (κ2) is 4.19. The minimum absolute atomic E-state index is 0.0289. The van der Waals surface area contributed by atoms with Crippen molar-refractivity contribution in [2.24, 2.45) is 17.3 Å². The minimum Gasteiger partial charge on any atom is -0.507 e. The number of carboxylic acids is 1. The predicted octanol–water partition coefficient (Wildman–Crippen LogP) is 1.68. The smallest absolute Gasteiger partial charge is 0.343 e. The zero-order valence-electron chi connectivity index (χ0n) is 13.0.